The molecular weight excluding hydrogens is 600 g/mol. The van der Waals surface area contributed by atoms with E-state index in [1.54, 1.807) is 43.3 Å². The topological polar surface area (TPSA) is 148 Å². The number of methoxy groups -OCH3 is 2. The Morgan fingerprint density at radius 2 is 1.51 bits per heavy atom. The molecule has 13 heteroatoms. The normalized spacial score (nSPS) is 12.5. The summed E-state index contributed by atoms with van der Waals surface area (Å²) in [5, 5.41) is 14.6. The van der Waals surface area contributed by atoms with Crippen LogP contribution < -0.4 is 19.1 Å². The predicted molar refractivity (Wildman–Crippen MR) is 171 cm³/mol. The molecule has 45 heavy (non-hydrogen) atoms. The van der Waals surface area contributed by atoms with Crippen molar-refractivity contribution in [3.8, 4) is 11.5 Å². The van der Waals surface area contributed by atoms with Gasteiger partial charge in [-0.3, -0.25) is 24.0 Å². The number of rotatable bonds is 15. The smallest absolute Gasteiger partial charge is 0.273 e. The summed E-state index contributed by atoms with van der Waals surface area (Å²) in [6.07, 6.45) is 0.949. The number of ether oxygens (including phenoxy) is 2. The highest BCUT2D eigenvalue weighted by Gasteiger charge is 2.34. The summed E-state index contributed by atoms with van der Waals surface area (Å²) in [5.74, 6) is 0.0733. The summed E-state index contributed by atoms with van der Waals surface area (Å²) in [4.78, 5) is 39.6. The molecule has 0 bridgehead atoms. The van der Waals surface area contributed by atoms with Gasteiger partial charge in [-0.25, -0.2) is 8.42 Å². The molecule has 12 nitrogen and oxygen atoms in total. The molecule has 0 saturated carbocycles. The van der Waals surface area contributed by atoms with Gasteiger partial charge in [-0.2, -0.15) is 0 Å². The third-order valence-electron chi connectivity index (χ3n) is 7.50. The minimum absolute atomic E-state index is 0.0156. The second-order valence-corrected chi connectivity index (χ2v) is 12.4. The van der Waals surface area contributed by atoms with Gasteiger partial charge in [0.2, 0.25) is 11.8 Å². The Morgan fingerprint density at radius 1 is 0.933 bits per heavy atom. The number of hydrogen-bond donors (Lipinski definition) is 1. The van der Waals surface area contributed by atoms with Crippen molar-refractivity contribution in [2.75, 3.05) is 25.1 Å². The number of nitrogens with zero attached hydrogens (tertiary/aromatic N) is 3. The van der Waals surface area contributed by atoms with Crippen molar-refractivity contribution in [2.24, 2.45) is 0 Å². The van der Waals surface area contributed by atoms with E-state index in [2.05, 4.69) is 5.32 Å². The zero-order valence-electron chi connectivity index (χ0n) is 26.3. The molecule has 2 amide bonds. The lowest BCUT2D eigenvalue weighted by molar-refractivity contribution is -0.385. The Kier molecular flexibility index (Phi) is 11.9. The van der Waals surface area contributed by atoms with Crippen LogP contribution in [0.1, 0.15) is 44.7 Å². The first-order chi connectivity index (χ1) is 21.4. The van der Waals surface area contributed by atoms with Crippen LogP contribution >= 0.6 is 0 Å². The first kappa shape index (κ1) is 34.8. The Bertz CT molecular complexity index is 1590. The van der Waals surface area contributed by atoms with Crippen LogP contribution in [-0.2, 0) is 26.2 Å². The fourth-order valence-electron chi connectivity index (χ4n) is 4.64. The number of amides is 2. The molecule has 0 radical (unpaired) electrons. The average Bonchev–Trinajstić information content (AvgIpc) is 3.03. The number of sulfonamides is 1. The Labute approximate surface area is 264 Å². The molecule has 0 aliphatic carbocycles. The van der Waals surface area contributed by atoms with Crippen molar-refractivity contribution < 1.29 is 32.4 Å². The Balaban J connectivity index is 2.12. The van der Waals surface area contributed by atoms with Gasteiger partial charge in [0, 0.05) is 24.2 Å². The van der Waals surface area contributed by atoms with E-state index in [1.807, 2.05) is 13.8 Å². The van der Waals surface area contributed by atoms with Crippen molar-refractivity contribution in [3.05, 3.63) is 88.0 Å². The lowest BCUT2D eigenvalue weighted by Crippen LogP contribution is -2.53. The van der Waals surface area contributed by atoms with Crippen LogP contribution in [0.2, 0.25) is 0 Å². The standard InChI is InChI=1S/C32H40N4O8S/c1-7-23(4)33-32(38)29(8-2)34(20-24-10-14-26(43-5)15-11-24)31(37)21-35(25-12-16-27(44-6)17-13-25)45(41,42)28-18-9-22(3)30(19-28)36(39)40/h9-19,23,29H,7-8,20-21H2,1-6H3,(H,33,38)/t23-,29+/m0/s1. The van der Waals surface area contributed by atoms with Gasteiger partial charge in [-0.05, 0) is 74.7 Å². The molecule has 3 rings (SSSR count). The van der Waals surface area contributed by atoms with E-state index in [4.69, 9.17) is 9.47 Å². The van der Waals surface area contributed by atoms with Crippen LogP contribution in [-0.4, -0.2) is 62.9 Å². The van der Waals surface area contributed by atoms with Crippen LogP contribution in [0.25, 0.3) is 0 Å². The molecule has 3 aromatic rings. The summed E-state index contributed by atoms with van der Waals surface area (Å²) >= 11 is 0. The highest BCUT2D eigenvalue weighted by Crippen LogP contribution is 2.30. The molecule has 2 atom stereocenters. The Hall–Kier alpha value is -4.65. The molecule has 0 spiro atoms. The summed E-state index contributed by atoms with van der Waals surface area (Å²) in [7, 11) is -1.51. The van der Waals surface area contributed by atoms with Gasteiger partial charge in [0.1, 0.15) is 24.1 Å². The number of hydrogen-bond acceptors (Lipinski definition) is 8. The van der Waals surface area contributed by atoms with E-state index in [0.29, 0.717) is 23.5 Å². The summed E-state index contributed by atoms with van der Waals surface area (Å²) < 4.78 is 39.6. The van der Waals surface area contributed by atoms with Crippen LogP contribution in [0, 0.1) is 17.0 Å². The number of nitro benzene ring substituents is 1. The minimum Gasteiger partial charge on any atom is -0.497 e. The monoisotopic (exact) mass is 640 g/mol. The maximum absolute atomic E-state index is 14.2. The predicted octanol–water partition coefficient (Wildman–Crippen LogP) is 4.84. The van der Waals surface area contributed by atoms with E-state index < -0.39 is 33.4 Å². The van der Waals surface area contributed by atoms with Crippen LogP contribution in [0.4, 0.5) is 11.4 Å². The molecule has 1 N–H and O–H groups in total. The van der Waals surface area contributed by atoms with Crippen molar-refractivity contribution in [1.82, 2.24) is 10.2 Å². The molecule has 0 fully saturated rings. The highest BCUT2D eigenvalue weighted by atomic mass is 32.2. The van der Waals surface area contributed by atoms with Gasteiger partial charge in [0.15, 0.2) is 0 Å². The fourth-order valence-corrected chi connectivity index (χ4v) is 6.07. The highest BCUT2D eigenvalue weighted by molar-refractivity contribution is 7.92. The molecule has 0 heterocycles. The molecule has 3 aromatic carbocycles. The number of anilines is 1. The summed E-state index contributed by atoms with van der Waals surface area (Å²) in [6, 6.07) is 15.6. The van der Waals surface area contributed by atoms with E-state index in [1.165, 1.54) is 50.3 Å². The van der Waals surface area contributed by atoms with E-state index in [0.717, 1.165) is 10.4 Å². The number of benzene rings is 3. The van der Waals surface area contributed by atoms with Crippen molar-refractivity contribution >= 4 is 33.2 Å². The number of nitro groups is 1. The zero-order valence-corrected chi connectivity index (χ0v) is 27.2. The van der Waals surface area contributed by atoms with Gasteiger partial charge in [-0.15, -0.1) is 0 Å². The molecule has 0 aliphatic heterocycles. The second kappa shape index (κ2) is 15.4. The molecule has 0 saturated heterocycles. The number of aryl methyl sites for hydroxylation is 1. The Morgan fingerprint density at radius 3 is 2.02 bits per heavy atom. The summed E-state index contributed by atoms with van der Waals surface area (Å²) in [5.41, 5.74) is 0.751. The lowest BCUT2D eigenvalue weighted by atomic mass is 10.1. The van der Waals surface area contributed by atoms with Gasteiger partial charge in [0.05, 0.1) is 29.7 Å². The molecule has 0 aliphatic rings. The molecule has 0 unspecified atom stereocenters. The van der Waals surface area contributed by atoms with E-state index in [9.17, 15) is 28.1 Å². The van der Waals surface area contributed by atoms with Crippen LogP contribution in [0.5, 0.6) is 11.5 Å². The largest absolute Gasteiger partial charge is 0.497 e. The SMILES string of the molecule is CC[C@H](C(=O)N[C@@H](C)CC)N(Cc1ccc(OC)cc1)C(=O)CN(c1ccc(OC)cc1)S(=O)(=O)c1ccc(C)c([N+](=O)[O-])c1. The van der Waals surface area contributed by atoms with E-state index >= 15 is 0 Å². The maximum atomic E-state index is 14.2. The summed E-state index contributed by atoms with van der Waals surface area (Å²) in [6.45, 7) is 6.41. The van der Waals surface area contributed by atoms with Gasteiger partial charge >= 0.3 is 0 Å². The van der Waals surface area contributed by atoms with Gasteiger partial charge in [0.25, 0.3) is 15.7 Å². The van der Waals surface area contributed by atoms with E-state index in [-0.39, 0.29) is 46.7 Å². The number of nitrogens with one attached hydrogen (secondary N) is 1. The first-order valence-corrected chi connectivity index (χ1v) is 15.9. The molecule has 0 aromatic heterocycles. The quantitative estimate of drug-likeness (QED) is 0.183. The number of carbonyl (C=O) groups is 2. The number of carbonyl (C=O) groups excluding carboxylic acids is 2. The van der Waals surface area contributed by atoms with Crippen LogP contribution in [0.15, 0.2) is 71.6 Å². The third-order valence-corrected chi connectivity index (χ3v) is 9.27. The first-order valence-electron chi connectivity index (χ1n) is 14.5. The van der Waals surface area contributed by atoms with Crippen molar-refractivity contribution in [3.63, 3.8) is 0 Å². The van der Waals surface area contributed by atoms with Crippen LogP contribution in [0.3, 0.4) is 0 Å². The fraction of sp³-hybridized carbons (Fsp3) is 0.375. The lowest BCUT2D eigenvalue weighted by Gasteiger charge is -2.33. The zero-order chi connectivity index (χ0) is 33.3. The third kappa shape index (κ3) is 8.50. The van der Waals surface area contributed by atoms with Gasteiger partial charge < -0.3 is 19.7 Å². The average molecular weight is 641 g/mol. The van der Waals surface area contributed by atoms with Crippen molar-refractivity contribution in [1.29, 1.82) is 0 Å². The minimum atomic E-state index is -4.51. The molecule has 242 valence electrons. The molecular formula is C32H40N4O8S. The van der Waals surface area contributed by atoms with Gasteiger partial charge in [-0.1, -0.05) is 32.0 Å². The van der Waals surface area contributed by atoms with Crippen molar-refractivity contribution in [2.45, 2.75) is 64.1 Å². The second-order valence-electron chi connectivity index (χ2n) is 10.5. The maximum Gasteiger partial charge on any atom is 0.273 e.